The molecule has 1 rings (SSSR count). The van der Waals surface area contributed by atoms with Gasteiger partial charge in [-0.05, 0) is 13.3 Å². The lowest BCUT2D eigenvalue weighted by molar-refractivity contribution is -0.141. The van der Waals surface area contributed by atoms with Gasteiger partial charge >= 0.3 is 5.97 Å². The normalized spacial score (nSPS) is 8.06. The highest BCUT2D eigenvalue weighted by molar-refractivity contribution is 5.65. The molecule has 3 nitrogen and oxygen atoms in total. The summed E-state index contributed by atoms with van der Waals surface area (Å²) >= 11 is 0. The van der Waals surface area contributed by atoms with E-state index in [9.17, 15) is 4.79 Å². The lowest BCUT2D eigenvalue weighted by atomic mass is 10.2. The first-order valence-corrected chi connectivity index (χ1v) is 5.76. The molecule has 1 aromatic rings. The summed E-state index contributed by atoms with van der Waals surface area (Å²) in [7, 11) is 1.00. The highest BCUT2D eigenvalue weighted by Crippen LogP contribution is 1.92. The van der Waals surface area contributed by atoms with Crippen LogP contribution in [0.5, 0.6) is 0 Å². The van der Waals surface area contributed by atoms with Crippen LogP contribution in [-0.2, 0) is 9.53 Å². The van der Waals surface area contributed by atoms with Gasteiger partial charge < -0.3 is 9.84 Å². The van der Waals surface area contributed by atoms with Gasteiger partial charge in [-0.15, -0.1) is 0 Å². The van der Waals surface area contributed by atoms with Gasteiger partial charge in [0.25, 0.3) is 0 Å². The Morgan fingerprint density at radius 2 is 1.76 bits per heavy atom. The second-order valence-electron chi connectivity index (χ2n) is 3.35. The molecule has 0 saturated carbocycles. The Bertz CT molecular complexity index is 257. The smallest absolute Gasteiger partial charge is 0.302 e. The number of hydrogen-bond donors (Lipinski definition) is 1. The Morgan fingerprint density at radius 3 is 2.06 bits per heavy atom. The van der Waals surface area contributed by atoms with Crippen LogP contribution in [0.4, 0.5) is 0 Å². The van der Waals surface area contributed by atoms with E-state index in [0.717, 1.165) is 20.0 Å². The molecule has 0 bridgehead atoms. The molecule has 0 aliphatic heterocycles. The lowest BCUT2D eigenvalue weighted by Gasteiger charge is -1.96. The van der Waals surface area contributed by atoms with E-state index >= 15 is 0 Å². The average Bonchev–Trinajstić information content (AvgIpc) is 2.33. The molecule has 0 spiro atoms. The van der Waals surface area contributed by atoms with Crippen LogP contribution in [0, 0.1) is 6.92 Å². The standard InChI is InChI=1S/C7H8.C6H12O2.CH4O/c1-7-5-3-2-4-6-7;1-3-4-5-8-6(2)7;1-2/h2-6H,1H3;3-5H2,1-2H3;2H,1H3. The fourth-order valence-electron chi connectivity index (χ4n) is 0.895. The fraction of sp³-hybridized carbons (Fsp3) is 0.500. The Hall–Kier alpha value is -1.35. The van der Waals surface area contributed by atoms with E-state index in [1.54, 1.807) is 0 Å². The van der Waals surface area contributed by atoms with Crippen molar-refractivity contribution in [1.82, 2.24) is 0 Å². The van der Waals surface area contributed by atoms with E-state index in [1.807, 2.05) is 18.2 Å². The maximum atomic E-state index is 10.1. The summed E-state index contributed by atoms with van der Waals surface area (Å²) < 4.78 is 4.64. The number of aryl methyl sites for hydroxylation is 1. The number of hydrogen-bond acceptors (Lipinski definition) is 3. The minimum absolute atomic E-state index is 0.182. The van der Waals surface area contributed by atoms with Crippen molar-refractivity contribution in [2.75, 3.05) is 13.7 Å². The molecule has 0 heterocycles. The zero-order valence-electron chi connectivity index (χ0n) is 11.3. The zero-order chi connectivity index (χ0) is 13.5. The number of esters is 1. The topological polar surface area (TPSA) is 46.5 Å². The van der Waals surface area contributed by atoms with Crippen molar-refractivity contribution in [2.45, 2.75) is 33.6 Å². The number of carbonyl (C=O) groups excluding carboxylic acids is 1. The van der Waals surface area contributed by atoms with Gasteiger partial charge in [0.05, 0.1) is 6.61 Å². The first-order chi connectivity index (χ1) is 8.16. The van der Waals surface area contributed by atoms with Crippen LogP contribution < -0.4 is 0 Å². The quantitative estimate of drug-likeness (QED) is 0.652. The van der Waals surface area contributed by atoms with Gasteiger partial charge in [-0.2, -0.15) is 0 Å². The van der Waals surface area contributed by atoms with Crippen molar-refractivity contribution in [3.63, 3.8) is 0 Å². The first kappa shape index (κ1) is 18.0. The zero-order valence-corrected chi connectivity index (χ0v) is 11.3. The van der Waals surface area contributed by atoms with Gasteiger partial charge in [-0.3, -0.25) is 4.79 Å². The highest BCUT2D eigenvalue weighted by atomic mass is 16.5. The molecule has 0 aliphatic rings. The molecule has 0 saturated heterocycles. The first-order valence-electron chi connectivity index (χ1n) is 5.76. The van der Waals surface area contributed by atoms with Gasteiger partial charge in [-0.1, -0.05) is 49.2 Å². The monoisotopic (exact) mass is 240 g/mol. The molecule has 17 heavy (non-hydrogen) atoms. The van der Waals surface area contributed by atoms with E-state index in [0.29, 0.717) is 6.61 Å². The van der Waals surface area contributed by atoms with Crippen LogP contribution in [0.15, 0.2) is 30.3 Å². The lowest BCUT2D eigenvalue weighted by Crippen LogP contribution is -1.99. The largest absolute Gasteiger partial charge is 0.466 e. The third-order valence-electron chi connectivity index (χ3n) is 1.74. The van der Waals surface area contributed by atoms with Crippen molar-refractivity contribution >= 4 is 5.97 Å². The predicted molar refractivity (Wildman–Crippen MR) is 70.9 cm³/mol. The molecular formula is C14H24O3. The summed E-state index contributed by atoms with van der Waals surface area (Å²) in [6.45, 7) is 6.14. The number of benzene rings is 1. The molecule has 0 fully saturated rings. The van der Waals surface area contributed by atoms with Crippen LogP contribution in [-0.4, -0.2) is 24.8 Å². The van der Waals surface area contributed by atoms with Crippen molar-refractivity contribution in [3.05, 3.63) is 35.9 Å². The Morgan fingerprint density at radius 1 is 1.24 bits per heavy atom. The summed E-state index contributed by atoms with van der Waals surface area (Å²) in [6, 6.07) is 10.3. The van der Waals surface area contributed by atoms with Crippen molar-refractivity contribution in [2.24, 2.45) is 0 Å². The van der Waals surface area contributed by atoms with Crippen LogP contribution >= 0.6 is 0 Å². The number of carbonyl (C=O) groups is 1. The van der Waals surface area contributed by atoms with Gasteiger partial charge in [0.2, 0.25) is 0 Å². The number of aliphatic hydroxyl groups is 1. The molecule has 0 aliphatic carbocycles. The van der Waals surface area contributed by atoms with E-state index in [-0.39, 0.29) is 5.97 Å². The predicted octanol–water partition coefficient (Wildman–Crippen LogP) is 2.95. The van der Waals surface area contributed by atoms with E-state index in [2.05, 4.69) is 30.7 Å². The molecule has 1 N–H and O–H groups in total. The van der Waals surface area contributed by atoms with E-state index in [4.69, 9.17) is 5.11 Å². The van der Waals surface area contributed by atoms with E-state index < -0.39 is 0 Å². The third kappa shape index (κ3) is 17.3. The Kier molecular flexibility index (Phi) is 15.5. The van der Waals surface area contributed by atoms with Crippen LogP contribution in [0.25, 0.3) is 0 Å². The second kappa shape index (κ2) is 14.6. The van der Waals surface area contributed by atoms with Crippen molar-refractivity contribution < 1.29 is 14.6 Å². The highest BCUT2D eigenvalue weighted by Gasteiger charge is 1.88. The number of aliphatic hydroxyl groups excluding tert-OH is 1. The summed E-state index contributed by atoms with van der Waals surface area (Å²) in [5, 5.41) is 7.00. The molecule has 0 amide bonds. The molecule has 0 atom stereocenters. The summed E-state index contributed by atoms with van der Waals surface area (Å²) in [4.78, 5) is 10.1. The van der Waals surface area contributed by atoms with Crippen molar-refractivity contribution in [3.8, 4) is 0 Å². The maximum absolute atomic E-state index is 10.1. The van der Waals surface area contributed by atoms with Crippen molar-refractivity contribution in [1.29, 1.82) is 0 Å². The van der Waals surface area contributed by atoms with Crippen LogP contribution in [0.1, 0.15) is 32.3 Å². The minimum Gasteiger partial charge on any atom is -0.466 e. The second-order valence-corrected chi connectivity index (χ2v) is 3.35. The molecule has 98 valence electrons. The van der Waals surface area contributed by atoms with Gasteiger partial charge in [0.15, 0.2) is 0 Å². The molecule has 0 aromatic heterocycles. The fourth-order valence-corrected chi connectivity index (χ4v) is 0.895. The SMILES string of the molecule is CCCCOC(C)=O.CO.Cc1ccccc1. The Balaban J connectivity index is 0. The summed E-state index contributed by atoms with van der Waals surface area (Å²) in [5.74, 6) is -0.182. The molecule has 3 heteroatoms. The summed E-state index contributed by atoms with van der Waals surface area (Å²) in [5.41, 5.74) is 1.32. The molecular weight excluding hydrogens is 216 g/mol. The van der Waals surface area contributed by atoms with Gasteiger partial charge in [0, 0.05) is 14.0 Å². The van der Waals surface area contributed by atoms with Gasteiger partial charge in [0.1, 0.15) is 0 Å². The van der Waals surface area contributed by atoms with Crippen LogP contribution in [0.3, 0.4) is 0 Å². The number of ether oxygens (including phenoxy) is 1. The van der Waals surface area contributed by atoms with Gasteiger partial charge in [-0.25, -0.2) is 0 Å². The van der Waals surface area contributed by atoms with E-state index in [1.165, 1.54) is 12.5 Å². The number of unbranched alkanes of at least 4 members (excludes halogenated alkanes) is 1. The molecule has 1 aromatic carbocycles. The third-order valence-corrected chi connectivity index (χ3v) is 1.74. The average molecular weight is 240 g/mol. The molecule has 0 unspecified atom stereocenters. The number of rotatable bonds is 3. The Labute approximate surface area is 104 Å². The maximum Gasteiger partial charge on any atom is 0.302 e. The molecule has 0 radical (unpaired) electrons. The van der Waals surface area contributed by atoms with Crippen LogP contribution in [0.2, 0.25) is 0 Å². The minimum atomic E-state index is -0.182. The summed E-state index contributed by atoms with van der Waals surface area (Å²) in [6.07, 6.45) is 2.05.